The summed E-state index contributed by atoms with van der Waals surface area (Å²) in [7, 11) is 3.67. The van der Waals surface area contributed by atoms with E-state index in [1.54, 1.807) is 7.11 Å². The highest BCUT2D eigenvalue weighted by Gasteiger charge is 2.08. The van der Waals surface area contributed by atoms with Gasteiger partial charge in [-0.1, -0.05) is 6.92 Å². The van der Waals surface area contributed by atoms with Crippen molar-refractivity contribution in [3.05, 3.63) is 17.8 Å². The van der Waals surface area contributed by atoms with Crippen molar-refractivity contribution in [3.63, 3.8) is 0 Å². The molecule has 0 radical (unpaired) electrons. The smallest absolute Gasteiger partial charge is 0.186 e. The van der Waals surface area contributed by atoms with Crippen molar-refractivity contribution in [2.45, 2.75) is 13.3 Å². The van der Waals surface area contributed by atoms with Crippen molar-refractivity contribution in [2.75, 3.05) is 45.7 Å². The van der Waals surface area contributed by atoms with Crippen LogP contribution in [0.3, 0.4) is 0 Å². The standard InChI is InChI=1S/C12H21FN4O/c1-4-10-11(13)12(16-9-15-10)14-5-6-17(2)7-8-18-3/h9H,4-8H2,1-3H3,(H,14,15,16). The van der Waals surface area contributed by atoms with Crippen molar-refractivity contribution in [3.8, 4) is 0 Å². The number of nitrogens with zero attached hydrogens (tertiary/aromatic N) is 3. The molecular formula is C12H21FN4O. The number of halogens is 1. The van der Waals surface area contributed by atoms with Crippen molar-refractivity contribution in [1.29, 1.82) is 0 Å². The first-order valence-electron chi connectivity index (χ1n) is 6.09. The fourth-order valence-electron chi connectivity index (χ4n) is 1.50. The fourth-order valence-corrected chi connectivity index (χ4v) is 1.50. The molecule has 5 nitrogen and oxygen atoms in total. The van der Waals surface area contributed by atoms with Gasteiger partial charge in [-0.25, -0.2) is 14.4 Å². The molecule has 0 aliphatic rings. The molecule has 0 aromatic carbocycles. The second kappa shape index (κ2) is 7.94. The Kier molecular flexibility index (Phi) is 6.53. The summed E-state index contributed by atoms with van der Waals surface area (Å²) in [6.07, 6.45) is 1.95. The lowest BCUT2D eigenvalue weighted by Gasteiger charge is -2.16. The molecule has 0 spiro atoms. The van der Waals surface area contributed by atoms with Gasteiger partial charge in [-0.15, -0.1) is 0 Å². The molecule has 0 unspecified atom stereocenters. The Morgan fingerprint density at radius 3 is 2.83 bits per heavy atom. The van der Waals surface area contributed by atoms with E-state index < -0.39 is 0 Å². The molecule has 0 amide bonds. The van der Waals surface area contributed by atoms with Gasteiger partial charge < -0.3 is 15.0 Å². The average molecular weight is 256 g/mol. The summed E-state index contributed by atoms with van der Waals surface area (Å²) in [5.74, 6) is -0.0680. The van der Waals surface area contributed by atoms with E-state index in [2.05, 4.69) is 20.2 Å². The molecule has 0 saturated heterocycles. The molecular weight excluding hydrogens is 235 g/mol. The van der Waals surface area contributed by atoms with Crippen LogP contribution in [0.4, 0.5) is 10.2 Å². The van der Waals surface area contributed by atoms with Crippen LogP contribution in [0.25, 0.3) is 0 Å². The van der Waals surface area contributed by atoms with E-state index in [0.717, 1.165) is 13.1 Å². The van der Waals surface area contributed by atoms with Crippen LogP contribution in [0.1, 0.15) is 12.6 Å². The predicted octanol–water partition coefficient (Wildman–Crippen LogP) is 1.17. The lowest BCUT2D eigenvalue weighted by molar-refractivity contribution is 0.163. The third-order valence-corrected chi connectivity index (χ3v) is 2.66. The van der Waals surface area contributed by atoms with Gasteiger partial charge in [0.1, 0.15) is 6.33 Å². The Labute approximate surface area is 107 Å². The summed E-state index contributed by atoms with van der Waals surface area (Å²) in [6.45, 7) is 4.85. The largest absolute Gasteiger partial charge is 0.383 e. The van der Waals surface area contributed by atoms with Gasteiger partial charge in [0, 0.05) is 26.7 Å². The summed E-state index contributed by atoms with van der Waals surface area (Å²) in [5, 5.41) is 2.99. The zero-order valence-electron chi connectivity index (χ0n) is 11.2. The van der Waals surface area contributed by atoms with Crippen LogP contribution >= 0.6 is 0 Å². The third-order valence-electron chi connectivity index (χ3n) is 2.66. The van der Waals surface area contributed by atoms with E-state index in [-0.39, 0.29) is 11.6 Å². The molecule has 1 aromatic rings. The number of anilines is 1. The summed E-state index contributed by atoms with van der Waals surface area (Å²) in [5.41, 5.74) is 0.445. The van der Waals surface area contributed by atoms with Gasteiger partial charge in [0.05, 0.1) is 12.3 Å². The van der Waals surface area contributed by atoms with Gasteiger partial charge >= 0.3 is 0 Å². The maximum atomic E-state index is 13.8. The molecule has 0 aliphatic heterocycles. The van der Waals surface area contributed by atoms with Crippen LogP contribution in [0.2, 0.25) is 0 Å². The number of aryl methyl sites for hydroxylation is 1. The SMILES string of the molecule is CCc1ncnc(NCCN(C)CCOC)c1F. The number of hydrogen-bond donors (Lipinski definition) is 1. The average Bonchev–Trinajstić information content (AvgIpc) is 2.38. The van der Waals surface area contributed by atoms with Crippen LogP contribution in [0, 0.1) is 5.82 Å². The number of hydrogen-bond acceptors (Lipinski definition) is 5. The Bertz CT molecular complexity index is 362. The monoisotopic (exact) mass is 256 g/mol. The minimum atomic E-state index is -0.348. The predicted molar refractivity (Wildman–Crippen MR) is 69.2 cm³/mol. The normalized spacial score (nSPS) is 10.9. The van der Waals surface area contributed by atoms with E-state index in [1.807, 2.05) is 14.0 Å². The summed E-state index contributed by atoms with van der Waals surface area (Å²) in [4.78, 5) is 9.90. The first-order chi connectivity index (χ1) is 8.69. The van der Waals surface area contributed by atoms with Crippen LogP contribution < -0.4 is 5.32 Å². The zero-order valence-corrected chi connectivity index (χ0v) is 11.2. The number of likely N-dealkylation sites (N-methyl/N-ethyl adjacent to an activating group) is 1. The Morgan fingerprint density at radius 2 is 2.17 bits per heavy atom. The van der Waals surface area contributed by atoms with Crippen molar-refractivity contribution >= 4 is 5.82 Å². The number of nitrogens with one attached hydrogen (secondary N) is 1. The van der Waals surface area contributed by atoms with Gasteiger partial charge in [0.25, 0.3) is 0 Å². The highest BCUT2D eigenvalue weighted by Crippen LogP contribution is 2.12. The minimum absolute atomic E-state index is 0.280. The molecule has 0 bridgehead atoms. The lowest BCUT2D eigenvalue weighted by Crippen LogP contribution is -2.28. The van der Waals surface area contributed by atoms with Gasteiger partial charge in [0.2, 0.25) is 0 Å². The first kappa shape index (κ1) is 14.8. The topological polar surface area (TPSA) is 50.3 Å². The van der Waals surface area contributed by atoms with Crippen molar-refractivity contribution < 1.29 is 9.13 Å². The molecule has 1 heterocycles. The second-order valence-electron chi connectivity index (χ2n) is 4.06. The maximum absolute atomic E-state index is 13.8. The molecule has 102 valence electrons. The Morgan fingerprint density at radius 1 is 1.39 bits per heavy atom. The molecule has 18 heavy (non-hydrogen) atoms. The quantitative estimate of drug-likeness (QED) is 0.756. The number of methoxy groups -OCH3 is 1. The molecule has 1 aromatic heterocycles. The Balaban J connectivity index is 2.39. The van der Waals surface area contributed by atoms with E-state index >= 15 is 0 Å². The van der Waals surface area contributed by atoms with Gasteiger partial charge in [0.15, 0.2) is 11.6 Å². The number of ether oxygens (including phenoxy) is 1. The first-order valence-corrected chi connectivity index (χ1v) is 6.09. The van der Waals surface area contributed by atoms with Crippen molar-refractivity contribution in [1.82, 2.24) is 14.9 Å². The van der Waals surface area contributed by atoms with E-state index in [9.17, 15) is 4.39 Å². The van der Waals surface area contributed by atoms with Gasteiger partial charge in [-0.3, -0.25) is 0 Å². The van der Waals surface area contributed by atoms with Gasteiger partial charge in [-0.05, 0) is 13.5 Å². The summed E-state index contributed by atoms with van der Waals surface area (Å²) >= 11 is 0. The molecule has 0 aliphatic carbocycles. The van der Waals surface area contributed by atoms with E-state index in [4.69, 9.17) is 4.74 Å². The van der Waals surface area contributed by atoms with Gasteiger partial charge in [-0.2, -0.15) is 0 Å². The second-order valence-corrected chi connectivity index (χ2v) is 4.06. The molecule has 0 atom stereocenters. The highest BCUT2D eigenvalue weighted by molar-refractivity contribution is 5.37. The molecule has 0 saturated carbocycles. The Hall–Kier alpha value is -1.27. The minimum Gasteiger partial charge on any atom is -0.383 e. The van der Waals surface area contributed by atoms with Crippen LogP contribution in [-0.2, 0) is 11.2 Å². The third kappa shape index (κ3) is 4.54. The fraction of sp³-hybridized carbons (Fsp3) is 0.667. The van der Waals surface area contributed by atoms with Crippen LogP contribution in [-0.4, -0.2) is 55.3 Å². The molecule has 1 N–H and O–H groups in total. The van der Waals surface area contributed by atoms with E-state index in [0.29, 0.717) is 25.3 Å². The zero-order chi connectivity index (χ0) is 13.4. The van der Waals surface area contributed by atoms with Crippen LogP contribution in [0.5, 0.6) is 0 Å². The summed E-state index contributed by atoms with van der Waals surface area (Å²) < 4.78 is 18.8. The number of aromatic nitrogens is 2. The summed E-state index contributed by atoms with van der Waals surface area (Å²) in [6, 6.07) is 0. The molecule has 0 fully saturated rings. The number of rotatable bonds is 8. The molecule has 6 heteroatoms. The molecule has 1 rings (SSSR count). The highest BCUT2D eigenvalue weighted by atomic mass is 19.1. The lowest BCUT2D eigenvalue weighted by atomic mass is 10.3. The van der Waals surface area contributed by atoms with Crippen molar-refractivity contribution in [2.24, 2.45) is 0 Å². The maximum Gasteiger partial charge on any atom is 0.186 e. The van der Waals surface area contributed by atoms with Crippen LogP contribution in [0.15, 0.2) is 6.33 Å². The van der Waals surface area contributed by atoms with E-state index in [1.165, 1.54) is 6.33 Å².